The average molecular weight is 498 g/mol. The topological polar surface area (TPSA) is 98.6 Å². The van der Waals surface area contributed by atoms with Crippen molar-refractivity contribution in [2.75, 3.05) is 13.1 Å². The number of fused-ring (bicyclic) bond motifs is 1. The molecular weight excluding hydrogens is 464 g/mol. The Labute approximate surface area is 209 Å². The van der Waals surface area contributed by atoms with Crippen molar-refractivity contribution in [3.63, 3.8) is 0 Å². The molecule has 5 amide bonds. The fourth-order valence-corrected chi connectivity index (χ4v) is 5.43. The second kappa shape index (κ2) is 12.1. The highest BCUT2D eigenvalue weighted by molar-refractivity contribution is 7.09. The molecule has 1 fully saturated rings. The zero-order valence-electron chi connectivity index (χ0n) is 19.9. The zero-order valence-corrected chi connectivity index (χ0v) is 20.7. The Balaban J connectivity index is 1.32. The smallest absolute Gasteiger partial charge is 0.351 e. The molecule has 0 bridgehead atoms. The molecule has 0 radical (unpaired) electrons. The molecule has 0 saturated heterocycles. The summed E-state index contributed by atoms with van der Waals surface area (Å²) in [7, 11) is 0. The van der Waals surface area contributed by atoms with Crippen LogP contribution in [-0.2, 0) is 20.9 Å². The number of urea groups is 1. The van der Waals surface area contributed by atoms with E-state index >= 15 is 0 Å². The second-order valence-electron chi connectivity index (χ2n) is 9.22. The van der Waals surface area contributed by atoms with Crippen molar-refractivity contribution in [2.45, 2.75) is 64.0 Å². The van der Waals surface area contributed by atoms with Gasteiger partial charge in [-0.05, 0) is 43.2 Å². The van der Waals surface area contributed by atoms with Crippen molar-refractivity contribution in [3.05, 3.63) is 46.7 Å². The summed E-state index contributed by atoms with van der Waals surface area (Å²) in [5, 5.41) is 7.92. The van der Waals surface area contributed by atoms with E-state index in [1.807, 2.05) is 17.5 Å². The lowest BCUT2D eigenvalue weighted by molar-refractivity contribution is -0.428. The number of nitrogens with zero attached hydrogens (tertiary/aromatic N) is 2. The van der Waals surface area contributed by atoms with E-state index in [0.717, 1.165) is 30.6 Å². The minimum atomic E-state index is -0.575. The molecule has 2 N–H and O–H groups in total. The van der Waals surface area contributed by atoms with Crippen LogP contribution in [0.5, 0.6) is 0 Å². The van der Waals surface area contributed by atoms with Gasteiger partial charge in [0.25, 0.3) is 5.91 Å². The standard InChI is InChI=1S/C26H32N4O4S/c31-23(27-17-20-11-8-16-35-20)14-6-7-15-29-25(33)21-12-4-5-13-22(21)30(26(29)34)18-24(32)28-19-9-2-1-3-10-19/h4-5,8,11-13,16,19,21H,1-3,6-7,9-10,14-15,17-18H2,(H-,27,28,31,32)/p+1. The summed E-state index contributed by atoms with van der Waals surface area (Å²) in [5.41, 5.74) is 0.547. The first kappa shape index (κ1) is 25.0. The first-order chi connectivity index (χ1) is 17.0. The van der Waals surface area contributed by atoms with Crippen LogP contribution in [0.2, 0.25) is 0 Å². The summed E-state index contributed by atoms with van der Waals surface area (Å²) >= 11 is 1.59. The summed E-state index contributed by atoms with van der Waals surface area (Å²) < 4.78 is 1.43. The lowest BCUT2D eigenvalue weighted by atomic mass is 9.94. The number of carbonyl (C=O) groups is 4. The van der Waals surface area contributed by atoms with E-state index in [2.05, 4.69) is 10.6 Å². The Bertz CT molecular complexity index is 1040. The lowest BCUT2D eigenvalue weighted by Gasteiger charge is -2.27. The van der Waals surface area contributed by atoms with E-state index in [-0.39, 0.29) is 36.9 Å². The van der Waals surface area contributed by atoms with Gasteiger partial charge in [-0.2, -0.15) is 14.3 Å². The molecule has 8 nitrogen and oxygen atoms in total. The first-order valence-electron chi connectivity index (χ1n) is 12.5. The predicted octanol–water partition coefficient (Wildman–Crippen LogP) is 3.14. The average Bonchev–Trinajstić information content (AvgIpc) is 3.39. The van der Waals surface area contributed by atoms with Crippen molar-refractivity contribution in [1.82, 2.24) is 15.5 Å². The van der Waals surface area contributed by atoms with E-state index in [9.17, 15) is 19.2 Å². The SMILES string of the molecule is O=C(CCCCN1C(=O)C2C=CC=CC2=[N+](CC(=O)NC2CCCCC2)C1=O)NCc1cccs1. The monoisotopic (exact) mass is 497 g/mol. The fourth-order valence-electron chi connectivity index (χ4n) is 4.79. The normalized spacial score (nSPS) is 20.2. The Hall–Kier alpha value is -3.07. The van der Waals surface area contributed by atoms with Gasteiger partial charge in [0, 0.05) is 17.3 Å². The molecule has 3 aliphatic rings. The number of imide groups is 1. The van der Waals surface area contributed by atoms with Gasteiger partial charge in [-0.15, -0.1) is 11.3 Å². The molecule has 1 unspecified atom stereocenters. The summed E-state index contributed by atoms with van der Waals surface area (Å²) in [5.74, 6) is -1.10. The molecule has 35 heavy (non-hydrogen) atoms. The number of thiophene rings is 1. The maximum Gasteiger partial charge on any atom is 0.501 e. The molecule has 1 atom stereocenters. The van der Waals surface area contributed by atoms with Gasteiger partial charge in [0.05, 0.1) is 13.1 Å². The third-order valence-electron chi connectivity index (χ3n) is 6.65. The van der Waals surface area contributed by atoms with Crippen LogP contribution in [0, 0.1) is 5.92 Å². The molecule has 1 aromatic rings. The van der Waals surface area contributed by atoms with E-state index in [0.29, 0.717) is 31.5 Å². The predicted molar refractivity (Wildman–Crippen MR) is 134 cm³/mol. The van der Waals surface area contributed by atoms with E-state index in [1.165, 1.54) is 15.9 Å². The van der Waals surface area contributed by atoms with Gasteiger partial charge in [-0.1, -0.05) is 43.6 Å². The fraction of sp³-hybridized carbons (Fsp3) is 0.500. The second-order valence-corrected chi connectivity index (χ2v) is 10.3. The molecule has 1 aromatic heterocycles. The molecule has 4 rings (SSSR count). The van der Waals surface area contributed by atoms with Crippen LogP contribution in [0.25, 0.3) is 0 Å². The van der Waals surface area contributed by atoms with Crippen LogP contribution in [-0.4, -0.2) is 58.1 Å². The molecular formula is C26H33N4O4S+. The molecule has 2 heterocycles. The van der Waals surface area contributed by atoms with Crippen molar-refractivity contribution in [1.29, 1.82) is 0 Å². The largest absolute Gasteiger partial charge is 0.501 e. The van der Waals surface area contributed by atoms with Crippen molar-refractivity contribution in [2.24, 2.45) is 5.92 Å². The molecule has 9 heteroatoms. The molecule has 2 aliphatic carbocycles. The highest BCUT2D eigenvalue weighted by Crippen LogP contribution is 2.21. The number of hydrogen-bond acceptors (Lipinski definition) is 5. The number of unbranched alkanes of at least 4 members (excludes halogenated alkanes) is 1. The maximum absolute atomic E-state index is 13.3. The highest BCUT2D eigenvalue weighted by atomic mass is 32.1. The van der Waals surface area contributed by atoms with Crippen LogP contribution >= 0.6 is 11.3 Å². The third-order valence-corrected chi connectivity index (χ3v) is 7.53. The van der Waals surface area contributed by atoms with Gasteiger partial charge < -0.3 is 10.6 Å². The van der Waals surface area contributed by atoms with E-state index in [4.69, 9.17) is 0 Å². The molecule has 0 spiro atoms. The number of rotatable bonds is 10. The first-order valence-corrected chi connectivity index (χ1v) is 13.3. The Morgan fingerprint density at radius 1 is 1.09 bits per heavy atom. The van der Waals surface area contributed by atoms with Crippen molar-refractivity contribution in [3.8, 4) is 0 Å². The van der Waals surface area contributed by atoms with Crippen molar-refractivity contribution < 1.29 is 23.8 Å². The van der Waals surface area contributed by atoms with Crippen LogP contribution in [0.4, 0.5) is 4.79 Å². The van der Waals surface area contributed by atoms with Gasteiger partial charge in [0.15, 0.2) is 6.54 Å². The van der Waals surface area contributed by atoms with Crippen molar-refractivity contribution >= 4 is 40.8 Å². The van der Waals surface area contributed by atoms with Crippen LogP contribution in [0.3, 0.4) is 0 Å². The van der Waals surface area contributed by atoms with Gasteiger partial charge in [0.1, 0.15) is 11.6 Å². The summed E-state index contributed by atoms with van der Waals surface area (Å²) in [6, 6.07) is 3.60. The van der Waals surface area contributed by atoms with Gasteiger partial charge in [-0.25, -0.2) is 4.79 Å². The number of carbonyl (C=O) groups excluding carboxylic acids is 4. The van der Waals surface area contributed by atoms with Crippen LogP contribution in [0.15, 0.2) is 41.8 Å². The Morgan fingerprint density at radius 2 is 1.91 bits per heavy atom. The van der Waals surface area contributed by atoms with Gasteiger partial charge >= 0.3 is 11.9 Å². The maximum atomic E-state index is 13.3. The number of amides is 5. The minimum absolute atomic E-state index is 0.0494. The number of allylic oxidation sites excluding steroid dienone is 3. The van der Waals surface area contributed by atoms with Crippen LogP contribution < -0.4 is 10.6 Å². The lowest BCUT2D eigenvalue weighted by Crippen LogP contribution is -2.56. The molecule has 1 saturated carbocycles. The summed E-state index contributed by atoms with van der Waals surface area (Å²) in [6.07, 6.45) is 13.8. The number of nitrogens with one attached hydrogen (secondary N) is 2. The van der Waals surface area contributed by atoms with Gasteiger partial charge in [-0.3, -0.25) is 9.59 Å². The van der Waals surface area contributed by atoms with Gasteiger partial charge in [0.2, 0.25) is 5.91 Å². The molecule has 0 aromatic carbocycles. The van der Waals surface area contributed by atoms with E-state index < -0.39 is 11.9 Å². The minimum Gasteiger partial charge on any atom is -0.351 e. The highest BCUT2D eigenvalue weighted by Gasteiger charge is 2.46. The zero-order chi connectivity index (χ0) is 24.6. The summed E-state index contributed by atoms with van der Waals surface area (Å²) in [6.45, 7) is 0.629. The van der Waals surface area contributed by atoms with E-state index in [1.54, 1.807) is 35.6 Å². The van der Waals surface area contributed by atoms with Crippen LogP contribution in [0.1, 0.15) is 56.2 Å². The summed E-state index contributed by atoms with van der Waals surface area (Å²) in [4.78, 5) is 53.6. The molecule has 1 aliphatic heterocycles. The quantitative estimate of drug-likeness (QED) is 0.383. The Kier molecular flexibility index (Phi) is 8.63. The molecule has 186 valence electrons. The third kappa shape index (κ3) is 6.54. The Morgan fingerprint density at radius 3 is 2.69 bits per heavy atom. The number of hydrogen-bond donors (Lipinski definition) is 2.